The third-order valence-electron chi connectivity index (χ3n) is 3.77. The molecule has 0 bridgehead atoms. The summed E-state index contributed by atoms with van der Waals surface area (Å²) in [4.78, 5) is 17.7. The lowest BCUT2D eigenvalue weighted by Gasteiger charge is -2.20. The predicted octanol–water partition coefficient (Wildman–Crippen LogP) is 0.528. The number of rotatable bonds is 3. The van der Waals surface area contributed by atoms with Crippen LogP contribution in [-0.4, -0.2) is 59.3 Å². The Morgan fingerprint density at radius 1 is 1.27 bits per heavy atom. The second-order valence-corrected chi connectivity index (χ2v) is 7.20. The number of allylic oxidation sites excluding steroid dienone is 1. The van der Waals surface area contributed by atoms with Crippen LogP contribution in [0.15, 0.2) is 23.4 Å². The molecule has 22 heavy (non-hydrogen) atoms. The molecular weight excluding hydrogens is 304 g/mol. The van der Waals surface area contributed by atoms with Crippen LogP contribution in [0.25, 0.3) is 0 Å². The smallest absolute Gasteiger partial charge is 0.262 e. The number of carbonyl (C=O) groups is 1. The van der Waals surface area contributed by atoms with Crippen molar-refractivity contribution in [3.05, 3.63) is 24.2 Å². The van der Waals surface area contributed by atoms with Crippen molar-refractivity contribution in [1.29, 1.82) is 0 Å². The molecule has 0 saturated carbocycles. The molecule has 0 radical (unpaired) electrons. The first-order chi connectivity index (χ1) is 10.4. The Kier molecular flexibility index (Phi) is 5.02. The lowest BCUT2D eigenvalue weighted by molar-refractivity contribution is -0.125. The van der Waals surface area contributed by atoms with E-state index < -0.39 is 10.0 Å². The molecule has 1 aromatic rings. The molecule has 0 N–H and O–H groups in total. The number of aryl methyl sites for hydroxylation is 2. The second kappa shape index (κ2) is 6.62. The van der Waals surface area contributed by atoms with E-state index in [1.807, 2.05) is 0 Å². The van der Waals surface area contributed by atoms with Gasteiger partial charge in [0.1, 0.15) is 5.82 Å². The van der Waals surface area contributed by atoms with Crippen LogP contribution in [-0.2, 0) is 21.9 Å². The molecule has 1 aliphatic heterocycles. The topological polar surface area (TPSA) is 75.5 Å². The molecule has 122 valence electrons. The summed E-state index contributed by atoms with van der Waals surface area (Å²) in [5.41, 5.74) is 0. The zero-order valence-corrected chi connectivity index (χ0v) is 14.0. The van der Waals surface area contributed by atoms with E-state index in [2.05, 4.69) is 4.98 Å². The van der Waals surface area contributed by atoms with Gasteiger partial charge < -0.3 is 9.47 Å². The maximum absolute atomic E-state index is 12.6. The van der Waals surface area contributed by atoms with Crippen LogP contribution in [0.4, 0.5) is 0 Å². The maximum atomic E-state index is 12.6. The third-order valence-corrected chi connectivity index (χ3v) is 5.54. The molecule has 1 fully saturated rings. The van der Waals surface area contributed by atoms with Gasteiger partial charge in [-0.05, 0) is 26.3 Å². The van der Waals surface area contributed by atoms with Gasteiger partial charge in [0.15, 0.2) is 5.03 Å². The van der Waals surface area contributed by atoms with E-state index in [1.54, 1.807) is 36.4 Å². The van der Waals surface area contributed by atoms with Crippen LogP contribution < -0.4 is 0 Å². The van der Waals surface area contributed by atoms with Gasteiger partial charge in [0.25, 0.3) is 10.0 Å². The number of aromatic nitrogens is 2. The summed E-state index contributed by atoms with van der Waals surface area (Å²) in [6.45, 7) is 5.21. The average molecular weight is 326 g/mol. The van der Waals surface area contributed by atoms with Crippen LogP contribution in [0.5, 0.6) is 0 Å². The van der Waals surface area contributed by atoms with Gasteiger partial charge in [0.05, 0.1) is 0 Å². The van der Waals surface area contributed by atoms with E-state index in [0.717, 1.165) is 0 Å². The zero-order valence-electron chi connectivity index (χ0n) is 13.2. The summed E-state index contributed by atoms with van der Waals surface area (Å²) in [6, 6.07) is 0. The van der Waals surface area contributed by atoms with Crippen LogP contribution in [0, 0.1) is 6.92 Å². The second-order valence-electron chi connectivity index (χ2n) is 5.32. The van der Waals surface area contributed by atoms with Gasteiger partial charge in [-0.1, -0.05) is 6.08 Å². The maximum Gasteiger partial charge on any atom is 0.262 e. The van der Waals surface area contributed by atoms with Crippen molar-refractivity contribution in [2.45, 2.75) is 25.3 Å². The molecule has 0 aliphatic carbocycles. The van der Waals surface area contributed by atoms with Gasteiger partial charge in [0.2, 0.25) is 5.91 Å². The normalized spacial score (nSPS) is 17.9. The highest BCUT2D eigenvalue weighted by atomic mass is 32.2. The van der Waals surface area contributed by atoms with Crippen molar-refractivity contribution < 1.29 is 13.2 Å². The van der Waals surface area contributed by atoms with Crippen molar-refractivity contribution in [2.75, 3.05) is 26.2 Å². The van der Waals surface area contributed by atoms with E-state index in [4.69, 9.17) is 0 Å². The van der Waals surface area contributed by atoms with Crippen molar-refractivity contribution in [3.8, 4) is 0 Å². The lowest BCUT2D eigenvalue weighted by atomic mass is 10.3. The molecule has 0 atom stereocenters. The summed E-state index contributed by atoms with van der Waals surface area (Å²) < 4.78 is 28.4. The van der Waals surface area contributed by atoms with Gasteiger partial charge in [-0.25, -0.2) is 13.4 Å². The van der Waals surface area contributed by atoms with Crippen molar-refractivity contribution >= 4 is 15.9 Å². The van der Waals surface area contributed by atoms with Crippen molar-refractivity contribution in [2.24, 2.45) is 7.05 Å². The van der Waals surface area contributed by atoms with E-state index >= 15 is 0 Å². The van der Waals surface area contributed by atoms with E-state index in [0.29, 0.717) is 38.4 Å². The number of hydrogen-bond acceptors (Lipinski definition) is 4. The summed E-state index contributed by atoms with van der Waals surface area (Å²) in [5.74, 6) is 0.578. The van der Waals surface area contributed by atoms with Gasteiger partial charge in [-0.3, -0.25) is 4.79 Å². The summed E-state index contributed by atoms with van der Waals surface area (Å²) in [5, 5.41) is 0.0701. The van der Waals surface area contributed by atoms with Gasteiger partial charge in [-0.2, -0.15) is 4.31 Å². The Balaban J connectivity index is 2.15. The zero-order chi connectivity index (χ0) is 16.3. The summed E-state index contributed by atoms with van der Waals surface area (Å²) >= 11 is 0. The summed E-state index contributed by atoms with van der Waals surface area (Å²) in [6.07, 6.45) is 5.34. The van der Waals surface area contributed by atoms with Crippen LogP contribution in [0.2, 0.25) is 0 Å². The minimum Gasteiger partial charge on any atom is -0.338 e. The third kappa shape index (κ3) is 3.38. The minimum absolute atomic E-state index is 0.0701. The molecule has 0 spiro atoms. The van der Waals surface area contributed by atoms with Crippen molar-refractivity contribution in [1.82, 2.24) is 18.8 Å². The fourth-order valence-corrected chi connectivity index (χ4v) is 3.88. The molecule has 1 aliphatic rings. The highest BCUT2D eigenvalue weighted by Crippen LogP contribution is 2.17. The Hall–Kier alpha value is -1.67. The standard InChI is InChI=1S/C14H22N4O3S/c1-4-6-14(19)17-7-5-8-18(10-9-17)22(20,21)13-11-16(3)12(2)15-13/h4,6,11H,5,7-10H2,1-3H3/b6-4+. The Bertz CT molecular complexity index is 659. The number of amides is 1. The first kappa shape index (κ1) is 16.7. The minimum atomic E-state index is -3.60. The fourth-order valence-electron chi connectivity index (χ4n) is 2.39. The quantitative estimate of drug-likeness (QED) is 0.759. The lowest BCUT2D eigenvalue weighted by Crippen LogP contribution is -2.36. The number of nitrogens with zero attached hydrogens (tertiary/aromatic N) is 4. The van der Waals surface area contributed by atoms with E-state index in [-0.39, 0.29) is 10.9 Å². The van der Waals surface area contributed by atoms with Crippen LogP contribution in [0.1, 0.15) is 19.2 Å². The molecule has 1 aromatic heterocycles. The molecule has 7 nitrogen and oxygen atoms in total. The number of imidazole rings is 1. The van der Waals surface area contributed by atoms with Crippen molar-refractivity contribution in [3.63, 3.8) is 0 Å². The highest BCUT2D eigenvalue weighted by molar-refractivity contribution is 7.89. The first-order valence-electron chi connectivity index (χ1n) is 7.28. The molecule has 1 saturated heterocycles. The van der Waals surface area contributed by atoms with Crippen LogP contribution >= 0.6 is 0 Å². The fraction of sp³-hybridized carbons (Fsp3) is 0.571. The Morgan fingerprint density at radius 2 is 2.00 bits per heavy atom. The molecule has 8 heteroatoms. The SMILES string of the molecule is C/C=C/C(=O)N1CCCN(S(=O)(=O)c2cn(C)c(C)n2)CC1. The highest BCUT2D eigenvalue weighted by Gasteiger charge is 2.29. The molecule has 2 rings (SSSR count). The number of sulfonamides is 1. The number of carbonyl (C=O) groups excluding carboxylic acids is 1. The van der Waals surface area contributed by atoms with E-state index in [1.165, 1.54) is 16.6 Å². The first-order valence-corrected chi connectivity index (χ1v) is 8.72. The van der Waals surface area contributed by atoms with Crippen LogP contribution in [0.3, 0.4) is 0 Å². The Labute approximate surface area is 131 Å². The van der Waals surface area contributed by atoms with Gasteiger partial charge >= 0.3 is 0 Å². The summed E-state index contributed by atoms with van der Waals surface area (Å²) in [7, 11) is -1.84. The average Bonchev–Trinajstić information content (AvgIpc) is 2.69. The molecule has 0 unspecified atom stereocenters. The monoisotopic (exact) mass is 326 g/mol. The van der Waals surface area contributed by atoms with Gasteiger partial charge in [0, 0.05) is 39.4 Å². The molecule has 1 amide bonds. The van der Waals surface area contributed by atoms with E-state index in [9.17, 15) is 13.2 Å². The number of hydrogen-bond donors (Lipinski definition) is 0. The van der Waals surface area contributed by atoms with Gasteiger partial charge in [-0.15, -0.1) is 0 Å². The molecule has 2 heterocycles. The molecular formula is C14H22N4O3S. The Morgan fingerprint density at radius 3 is 2.59 bits per heavy atom. The predicted molar refractivity (Wildman–Crippen MR) is 82.7 cm³/mol. The largest absolute Gasteiger partial charge is 0.338 e. The molecule has 0 aromatic carbocycles.